The predicted molar refractivity (Wildman–Crippen MR) is 84.2 cm³/mol. The summed E-state index contributed by atoms with van der Waals surface area (Å²) in [4.78, 5) is 14.6. The van der Waals surface area contributed by atoms with Crippen LogP contribution in [0.4, 0.5) is 4.39 Å². The van der Waals surface area contributed by atoms with Crippen molar-refractivity contribution in [2.24, 2.45) is 0 Å². The van der Waals surface area contributed by atoms with E-state index < -0.39 is 5.60 Å². The fourth-order valence-corrected chi connectivity index (χ4v) is 3.44. The molecule has 0 radical (unpaired) electrons. The molecule has 0 aliphatic carbocycles. The molecular formula is C16H17FN2O3S. The molecule has 122 valence electrons. The van der Waals surface area contributed by atoms with Crippen molar-refractivity contribution in [3.8, 4) is 5.88 Å². The summed E-state index contributed by atoms with van der Waals surface area (Å²) < 4.78 is 22.0. The van der Waals surface area contributed by atoms with Crippen LogP contribution in [-0.4, -0.2) is 46.1 Å². The third-order valence-electron chi connectivity index (χ3n) is 3.97. The minimum Gasteiger partial charge on any atom is -0.480 e. The van der Waals surface area contributed by atoms with Gasteiger partial charge in [-0.15, -0.1) is 0 Å². The summed E-state index contributed by atoms with van der Waals surface area (Å²) in [6.45, 7) is 0.736. The van der Waals surface area contributed by atoms with Crippen LogP contribution >= 0.6 is 11.5 Å². The van der Waals surface area contributed by atoms with Crippen LogP contribution in [0.25, 0.3) is 0 Å². The highest BCUT2D eigenvalue weighted by Crippen LogP contribution is 2.28. The topological polar surface area (TPSA) is 62.7 Å². The Hall–Kier alpha value is -1.99. The highest BCUT2D eigenvalue weighted by atomic mass is 32.1. The predicted octanol–water partition coefficient (Wildman–Crippen LogP) is 2.11. The molecule has 1 aliphatic rings. The van der Waals surface area contributed by atoms with Crippen LogP contribution in [-0.2, 0) is 6.42 Å². The van der Waals surface area contributed by atoms with E-state index in [4.69, 9.17) is 4.74 Å². The van der Waals surface area contributed by atoms with Gasteiger partial charge in [-0.1, -0.05) is 12.1 Å². The second-order valence-corrected chi connectivity index (χ2v) is 6.54. The van der Waals surface area contributed by atoms with Gasteiger partial charge < -0.3 is 14.7 Å². The molecule has 1 amide bonds. The van der Waals surface area contributed by atoms with Crippen LogP contribution in [0.2, 0.25) is 0 Å². The molecule has 2 heterocycles. The number of benzene rings is 1. The number of carbonyl (C=O) groups excluding carboxylic acids is 1. The first-order chi connectivity index (χ1) is 11.0. The van der Waals surface area contributed by atoms with Crippen molar-refractivity contribution in [1.29, 1.82) is 0 Å². The number of amides is 1. The number of nitrogens with zero attached hydrogens (tertiary/aromatic N) is 2. The van der Waals surface area contributed by atoms with Crippen molar-refractivity contribution < 1.29 is 19.0 Å². The Kier molecular flexibility index (Phi) is 4.32. The SMILES string of the molecule is COc1cc(C(=O)N2CCC(O)(Cc3ccc(F)cc3)C2)sn1. The Morgan fingerprint density at radius 1 is 1.48 bits per heavy atom. The minimum atomic E-state index is -0.984. The van der Waals surface area contributed by atoms with Crippen LogP contribution in [0.3, 0.4) is 0 Å². The van der Waals surface area contributed by atoms with Gasteiger partial charge in [0.15, 0.2) is 0 Å². The summed E-state index contributed by atoms with van der Waals surface area (Å²) in [7, 11) is 1.50. The Bertz CT molecular complexity index is 704. The van der Waals surface area contributed by atoms with Crippen LogP contribution in [0.5, 0.6) is 5.88 Å². The second-order valence-electron chi connectivity index (χ2n) is 5.74. The van der Waals surface area contributed by atoms with E-state index in [-0.39, 0.29) is 18.3 Å². The number of aromatic nitrogens is 1. The van der Waals surface area contributed by atoms with Crippen molar-refractivity contribution in [2.75, 3.05) is 20.2 Å². The fraction of sp³-hybridized carbons (Fsp3) is 0.375. The Morgan fingerprint density at radius 2 is 2.22 bits per heavy atom. The number of β-amino-alcohol motifs (C(OH)–C–C–N with tert-alkyl or cyclic N) is 1. The molecule has 1 N–H and O–H groups in total. The van der Waals surface area contributed by atoms with Crippen molar-refractivity contribution in [2.45, 2.75) is 18.4 Å². The lowest BCUT2D eigenvalue weighted by Crippen LogP contribution is -2.37. The summed E-state index contributed by atoms with van der Waals surface area (Å²) >= 11 is 1.09. The molecular weight excluding hydrogens is 319 g/mol. The van der Waals surface area contributed by atoms with Crippen LogP contribution in [0, 0.1) is 5.82 Å². The molecule has 1 aliphatic heterocycles. The summed E-state index contributed by atoms with van der Waals surface area (Å²) in [5.74, 6) is -0.0388. The number of halogens is 1. The molecule has 0 bridgehead atoms. The lowest BCUT2D eigenvalue weighted by Gasteiger charge is -2.23. The number of rotatable bonds is 4. The number of hydrogen-bond acceptors (Lipinski definition) is 5. The molecule has 7 heteroatoms. The van der Waals surface area contributed by atoms with Crippen LogP contribution < -0.4 is 4.74 Å². The first-order valence-electron chi connectivity index (χ1n) is 7.26. The van der Waals surface area contributed by atoms with E-state index in [1.165, 1.54) is 19.2 Å². The van der Waals surface area contributed by atoms with E-state index in [1.807, 2.05) is 0 Å². The number of aliphatic hydroxyl groups is 1. The van der Waals surface area contributed by atoms with Gasteiger partial charge in [-0.3, -0.25) is 4.79 Å². The average Bonchev–Trinajstić information content (AvgIpc) is 3.16. The van der Waals surface area contributed by atoms with Gasteiger partial charge >= 0.3 is 0 Å². The second kappa shape index (κ2) is 6.25. The maximum Gasteiger partial charge on any atom is 0.265 e. The Morgan fingerprint density at radius 3 is 2.87 bits per heavy atom. The van der Waals surface area contributed by atoms with Gasteiger partial charge in [0.1, 0.15) is 10.7 Å². The molecule has 1 aromatic heterocycles. The third kappa shape index (κ3) is 3.51. The van der Waals surface area contributed by atoms with Gasteiger partial charge in [0.05, 0.1) is 19.3 Å². The summed E-state index contributed by atoms with van der Waals surface area (Å²) in [5, 5.41) is 10.7. The monoisotopic (exact) mass is 336 g/mol. The molecule has 1 aromatic carbocycles. The van der Waals surface area contributed by atoms with Crippen molar-refractivity contribution in [3.05, 3.63) is 46.6 Å². The van der Waals surface area contributed by atoms with Gasteiger partial charge in [0.2, 0.25) is 5.88 Å². The highest BCUT2D eigenvalue weighted by molar-refractivity contribution is 7.08. The van der Waals surface area contributed by atoms with E-state index in [0.29, 0.717) is 30.1 Å². The smallest absolute Gasteiger partial charge is 0.265 e. The molecule has 23 heavy (non-hydrogen) atoms. The van der Waals surface area contributed by atoms with Crippen LogP contribution in [0.1, 0.15) is 21.7 Å². The molecule has 0 saturated carbocycles. The first kappa shape index (κ1) is 15.9. The summed E-state index contributed by atoms with van der Waals surface area (Å²) in [5.41, 5.74) is -0.134. The molecule has 1 unspecified atom stereocenters. The molecule has 1 saturated heterocycles. The van der Waals surface area contributed by atoms with Crippen molar-refractivity contribution in [3.63, 3.8) is 0 Å². The standard InChI is InChI=1S/C16H17FN2O3S/c1-22-14-8-13(23-18-14)15(20)19-7-6-16(21,10-19)9-11-2-4-12(17)5-3-11/h2-5,8,21H,6-7,9-10H2,1H3. The van der Waals surface area contributed by atoms with Crippen molar-refractivity contribution >= 4 is 17.4 Å². The zero-order chi connectivity index (χ0) is 16.4. The largest absolute Gasteiger partial charge is 0.480 e. The molecule has 3 rings (SSSR count). The normalized spacial score (nSPS) is 20.7. The maximum atomic E-state index is 13.0. The maximum absolute atomic E-state index is 13.0. The van der Waals surface area contributed by atoms with E-state index >= 15 is 0 Å². The Balaban J connectivity index is 1.66. The number of likely N-dealkylation sites (tertiary alicyclic amines) is 1. The van der Waals surface area contributed by atoms with E-state index in [0.717, 1.165) is 17.1 Å². The first-order valence-corrected chi connectivity index (χ1v) is 8.03. The molecule has 1 fully saturated rings. The zero-order valence-electron chi connectivity index (χ0n) is 12.7. The summed E-state index contributed by atoms with van der Waals surface area (Å²) in [6.07, 6.45) is 0.884. The van der Waals surface area contributed by atoms with E-state index in [9.17, 15) is 14.3 Å². The third-order valence-corrected chi connectivity index (χ3v) is 4.73. The summed E-state index contributed by atoms with van der Waals surface area (Å²) in [6, 6.07) is 7.67. The zero-order valence-corrected chi connectivity index (χ0v) is 13.5. The molecule has 5 nitrogen and oxygen atoms in total. The lowest BCUT2D eigenvalue weighted by atomic mass is 9.94. The average molecular weight is 336 g/mol. The number of hydrogen-bond donors (Lipinski definition) is 1. The number of ether oxygens (including phenoxy) is 1. The van der Waals surface area contributed by atoms with Gasteiger partial charge in [-0.25, -0.2) is 4.39 Å². The number of carbonyl (C=O) groups is 1. The van der Waals surface area contributed by atoms with Gasteiger partial charge in [-0.05, 0) is 35.6 Å². The van der Waals surface area contributed by atoms with Gasteiger partial charge in [0.25, 0.3) is 5.91 Å². The number of methoxy groups -OCH3 is 1. The van der Waals surface area contributed by atoms with Gasteiger partial charge in [-0.2, -0.15) is 4.37 Å². The fourth-order valence-electron chi connectivity index (χ4n) is 2.77. The van der Waals surface area contributed by atoms with E-state index in [2.05, 4.69) is 4.37 Å². The Labute approximate surface area is 137 Å². The molecule has 2 aromatic rings. The van der Waals surface area contributed by atoms with E-state index in [1.54, 1.807) is 23.1 Å². The quantitative estimate of drug-likeness (QED) is 0.929. The highest BCUT2D eigenvalue weighted by Gasteiger charge is 2.38. The van der Waals surface area contributed by atoms with Crippen LogP contribution in [0.15, 0.2) is 30.3 Å². The molecule has 0 spiro atoms. The van der Waals surface area contributed by atoms with Gasteiger partial charge in [0, 0.05) is 19.0 Å². The lowest BCUT2D eigenvalue weighted by molar-refractivity contribution is 0.0446. The van der Waals surface area contributed by atoms with Crippen molar-refractivity contribution in [1.82, 2.24) is 9.27 Å². The minimum absolute atomic E-state index is 0.152. The molecule has 1 atom stereocenters.